The van der Waals surface area contributed by atoms with Crippen LogP contribution in [0.2, 0.25) is 0 Å². The molecule has 1 aromatic carbocycles. The van der Waals surface area contributed by atoms with Gasteiger partial charge >= 0.3 is 0 Å². The second kappa shape index (κ2) is 9.41. The zero-order valence-electron chi connectivity index (χ0n) is 24.3. The van der Waals surface area contributed by atoms with Crippen LogP contribution < -0.4 is 10.2 Å². The molecule has 6 rings (SSSR count). The van der Waals surface area contributed by atoms with E-state index in [0.717, 1.165) is 38.3 Å². The Labute approximate surface area is 229 Å². The minimum absolute atomic E-state index is 0.109. The Morgan fingerprint density at radius 3 is 2.68 bits per heavy atom. The largest absolute Gasteiger partial charge is 0.507 e. The number of thioether (sulfide) groups is 1. The lowest BCUT2D eigenvalue weighted by molar-refractivity contribution is 0.000258. The van der Waals surface area contributed by atoms with E-state index in [9.17, 15) is 9.50 Å². The highest BCUT2D eigenvalue weighted by Gasteiger charge is 2.55. The summed E-state index contributed by atoms with van der Waals surface area (Å²) >= 11 is 0.547. The average Bonchev–Trinajstić information content (AvgIpc) is 3.73. The van der Waals surface area contributed by atoms with Crippen LogP contribution in [0.5, 0.6) is 5.75 Å². The van der Waals surface area contributed by atoms with Crippen molar-refractivity contribution in [3.05, 3.63) is 42.5 Å². The maximum Gasteiger partial charge on any atom is 0.185 e. The van der Waals surface area contributed by atoms with E-state index in [1.165, 1.54) is 12.1 Å². The third-order valence-corrected chi connectivity index (χ3v) is 8.65. The van der Waals surface area contributed by atoms with Gasteiger partial charge in [0.05, 0.1) is 29.0 Å². The van der Waals surface area contributed by atoms with Crippen LogP contribution >= 0.6 is 11.8 Å². The number of phenols is 1. The van der Waals surface area contributed by atoms with E-state index in [0.29, 0.717) is 35.1 Å². The molecule has 3 fully saturated rings. The molecule has 38 heavy (non-hydrogen) atoms. The van der Waals surface area contributed by atoms with Gasteiger partial charge < -0.3 is 15.3 Å². The summed E-state index contributed by atoms with van der Waals surface area (Å²) in [6, 6.07) is 5.72. The number of aromatic hydroxyl groups is 1. The van der Waals surface area contributed by atoms with E-state index in [1.807, 2.05) is 6.92 Å². The number of aromatic nitrogens is 4. The summed E-state index contributed by atoms with van der Waals surface area (Å²) in [6.45, 7) is 4.16. The molecule has 0 spiro atoms. The molecular formula is C28H32F2N6OS. The molecule has 10 heteroatoms. The highest BCUT2D eigenvalue weighted by atomic mass is 32.2. The van der Waals surface area contributed by atoms with Crippen molar-refractivity contribution in [3.63, 3.8) is 0 Å². The lowest BCUT2D eigenvalue weighted by atomic mass is 9.68. The Morgan fingerprint density at radius 2 is 1.97 bits per heavy atom. The van der Waals surface area contributed by atoms with Gasteiger partial charge in [0.1, 0.15) is 17.7 Å². The fourth-order valence-electron chi connectivity index (χ4n) is 6.33. The molecule has 7 nitrogen and oxygen atoms in total. The quantitative estimate of drug-likeness (QED) is 0.394. The summed E-state index contributed by atoms with van der Waals surface area (Å²) in [5, 5.41) is 23.3. The van der Waals surface area contributed by atoms with Gasteiger partial charge in [-0.2, -0.15) is 0 Å². The second-order valence-corrected chi connectivity index (χ2v) is 11.9. The van der Waals surface area contributed by atoms with Crippen molar-refractivity contribution in [1.29, 1.82) is 0 Å². The summed E-state index contributed by atoms with van der Waals surface area (Å²) in [5.74, 6) is -0.135. The van der Waals surface area contributed by atoms with E-state index < -0.39 is 23.7 Å². The van der Waals surface area contributed by atoms with Gasteiger partial charge in [0.15, 0.2) is 11.6 Å². The molecule has 2 N–H and O–H groups in total. The minimum atomic E-state index is -2.33. The first-order valence-corrected chi connectivity index (χ1v) is 13.8. The van der Waals surface area contributed by atoms with Crippen LogP contribution in [-0.2, 0) is 0 Å². The third-order valence-electron chi connectivity index (χ3n) is 8.21. The lowest BCUT2D eigenvalue weighted by Crippen LogP contribution is -2.73. The van der Waals surface area contributed by atoms with E-state index in [1.54, 1.807) is 18.3 Å². The summed E-state index contributed by atoms with van der Waals surface area (Å²) < 4.78 is 52.9. The van der Waals surface area contributed by atoms with Crippen LogP contribution in [0.1, 0.15) is 56.5 Å². The average molecular weight is 542 g/mol. The zero-order valence-corrected chi connectivity index (χ0v) is 22.1. The monoisotopic (exact) mass is 541 g/mol. The van der Waals surface area contributed by atoms with Gasteiger partial charge in [0.25, 0.3) is 0 Å². The molecule has 4 atom stereocenters. The van der Waals surface area contributed by atoms with Crippen molar-refractivity contribution >= 4 is 17.6 Å². The highest BCUT2D eigenvalue weighted by Crippen LogP contribution is 2.46. The van der Waals surface area contributed by atoms with Crippen LogP contribution in [0.3, 0.4) is 0 Å². The number of anilines is 1. The molecule has 0 amide bonds. The topological polar surface area (TPSA) is 87.1 Å². The Balaban J connectivity index is 1.26. The number of phenolic OH excluding ortho intramolecular Hbond substituents is 1. The number of hydrogen-bond acceptors (Lipinski definition) is 8. The van der Waals surface area contributed by atoms with E-state index in [-0.39, 0.29) is 39.8 Å². The molecule has 2 aliphatic heterocycles. The second-order valence-electron chi connectivity index (χ2n) is 11.2. The molecule has 4 heterocycles. The van der Waals surface area contributed by atoms with Crippen LogP contribution in [0.4, 0.5) is 14.6 Å². The van der Waals surface area contributed by atoms with Gasteiger partial charge in [-0.25, -0.2) is 18.7 Å². The molecule has 1 aliphatic carbocycles. The van der Waals surface area contributed by atoms with Crippen molar-refractivity contribution in [3.8, 4) is 28.3 Å². The van der Waals surface area contributed by atoms with Crippen LogP contribution in [0.25, 0.3) is 22.5 Å². The van der Waals surface area contributed by atoms with Crippen molar-refractivity contribution in [2.24, 2.45) is 0 Å². The van der Waals surface area contributed by atoms with Gasteiger partial charge in [-0.3, -0.25) is 0 Å². The third kappa shape index (κ3) is 4.51. The van der Waals surface area contributed by atoms with Crippen molar-refractivity contribution < 1.29 is 18.0 Å². The predicted molar refractivity (Wildman–Crippen MR) is 144 cm³/mol. The number of halogens is 2. The summed E-state index contributed by atoms with van der Waals surface area (Å²) in [7, 11) is 0. The van der Waals surface area contributed by atoms with Gasteiger partial charge in [-0.1, -0.05) is 6.07 Å². The van der Waals surface area contributed by atoms with Gasteiger partial charge in [0.2, 0.25) is 0 Å². The first kappa shape index (κ1) is 22.0. The van der Waals surface area contributed by atoms with Crippen molar-refractivity contribution in [2.75, 3.05) is 11.1 Å². The number of fused-ring (bicyclic) bond motifs is 2. The Bertz CT molecular complexity index is 1460. The molecular weight excluding hydrogens is 506 g/mol. The van der Waals surface area contributed by atoms with Crippen LogP contribution in [0.15, 0.2) is 41.7 Å². The molecule has 0 radical (unpaired) electrons. The van der Waals surface area contributed by atoms with Gasteiger partial charge in [0, 0.05) is 26.8 Å². The number of piperidine rings is 2. The molecule has 3 aliphatic rings. The van der Waals surface area contributed by atoms with E-state index >= 15 is 4.39 Å². The van der Waals surface area contributed by atoms with E-state index in [2.05, 4.69) is 37.3 Å². The number of nitrogens with one attached hydrogen (secondary N) is 1. The number of alkyl halides is 1. The molecule has 2 saturated heterocycles. The number of nitrogens with zero attached hydrogens (tertiary/aromatic N) is 5. The molecule has 1 saturated carbocycles. The molecule has 2 bridgehead atoms. The first-order chi connectivity index (χ1) is 19.3. The highest BCUT2D eigenvalue weighted by molar-refractivity contribution is 7.98. The molecule has 0 unspecified atom stereocenters. The van der Waals surface area contributed by atoms with Gasteiger partial charge in [-0.15, -0.1) is 22.0 Å². The fraction of sp³-hybridized carbons (Fsp3) is 0.500. The Kier molecular flexibility index (Phi) is 5.45. The first-order valence-electron chi connectivity index (χ1n) is 14.4. The van der Waals surface area contributed by atoms with Crippen molar-refractivity contribution in [2.45, 2.75) is 86.7 Å². The minimum Gasteiger partial charge on any atom is -0.507 e. The maximum atomic E-state index is 16.0. The number of rotatable bonds is 6. The van der Waals surface area contributed by atoms with Gasteiger partial charge in [-0.05, 0) is 82.3 Å². The Morgan fingerprint density at radius 1 is 1.13 bits per heavy atom. The smallest absolute Gasteiger partial charge is 0.185 e. The molecule has 2 aromatic heterocycles. The van der Waals surface area contributed by atoms with E-state index in [4.69, 9.17) is 4.11 Å². The normalized spacial score (nSPS) is 30.3. The summed E-state index contributed by atoms with van der Waals surface area (Å²) in [4.78, 5) is 10.4. The van der Waals surface area contributed by atoms with Crippen LogP contribution in [0, 0.1) is 5.82 Å². The maximum absolute atomic E-state index is 16.0. The number of pyridine rings is 1. The number of benzene rings is 1. The van der Waals surface area contributed by atoms with Crippen LogP contribution in [-0.4, -0.2) is 60.8 Å². The SMILES string of the molecule is [2H]C([2H])([2H])Sc1cc(-c2ccc(-c3ncc(N(C4CC4)[C@H]4C[C@]5(C)CCC[C@@](C)(N5)[C@H]4F)nn3)c(O)c2)c(F)cn1. The molecule has 3 aromatic rings. The summed E-state index contributed by atoms with van der Waals surface area (Å²) in [6.07, 6.45) is 4.56. The standard InChI is InChI=1S/C28H32F2N6OS/c1-27-9-4-10-28(2,35-27)25(30)21(13-27)36(17-6-7-17)23-15-32-26(34-33-23)18-8-5-16(11-22(18)37)19-12-24(38-3)31-14-20(19)29/h5,8,11-12,14-15,17,21,25,35,37H,4,6-7,9-10,13H2,1-3H3/t21-,25-,27-,28+/m0/s1/i3D3. The fourth-order valence-corrected chi connectivity index (χ4v) is 6.61. The lowest BCUT2D eigenvalue weighted by Gasteiger charge is -2.57. The zero-order chi connectivity index (χ0) is 29.2. The predicted octanol–water partition coefficient (Wildman–Crippen LogP) is 5.54. The van der Waals surface area contributed by atoms with Crippen molar-refractivity contribution in [1.82, 2.24) is 25.5 Å². The molecule has 200 valence electrons. The Hall–Kier alpha value is -2.85. The number of hydrogen-bond donors (Lipinski definition) is 2. The summed E-state index contributed by atoms with van der Waals surface area (Å²) in [5.41, 5.74) is 0.0330.